The number of rotatable bonds is 4. The van der Waals surface area contributed by atoms with Crippen LogP contribution in [0, 0.1) is 6.92 Å². The zero-order valence-corrected chi connectivity index (χ0v) is 16.6. The molecule has 0 saturated heterocycles. The van der Waals surface area contributed by atoms with Crippen LogP contribution in [0.5, 0.6) is 5.75 Å². The number of halogens is 1. The molecule has 4 rings (SSSR count). The van der Waals surface area contributed by atoms with Crippen LogP contribution in [0.2, 0.25) is 0 Å². The van der Waals surface area contributed by atoms with Crippen molar-refractivity contribution in [1.82, 2.24) is 5.32 Å². The van der Waals surface area contributed by atoms with Gasteiger partial charge in [-0.1, -0.05) is 36.4 Å². The van der Waals surface area contributed by atoms with Crippen molar-refractivity contribution >= 4 is 43.6 Å². The van der Waals surface area contributed by atoms with Gasteiger partial charge in [0.15, 0.2) is 5.76 Å². The van der Waals surface area contributed by atoms with Gasteiger partial charge < -0.3 is 14.5 Å². The van der Waals surface area contributed by atoms with E-state index < -0.39 is 0 Å². The lowest BCUT2D eigenvalue weighted by molar-refractivity contribution is 0.0924. The quantitative estimate of drug-likeness (QED) is 0.464. The Hall–Kier alpha value is -2.79. The molecule has 0 aliphatic rings. The first-order valence-electron chi connectivity index (χ1n) is 8.60. The minimum Gasteiger partial charge on any atom is -0.496 e. The SMILES string of the molecule is COc1ccc2cc(CNC(=O)c3oc4ccccc4c3C)ccc2c1Br. The number of fused-ring (bicyclic) bond motifs is 2. The van der Waals surface area contributed by atoms with E-state index in [0.29, 0.717) is 12.3 Å². The number of hydrogen-bond donors (Lipinski definition) is 1. The van der Waals surface area contributed by atoms with Crippen molar-refractivity contribution in [2.75, 3.05) is 7.11 Å². The third-order valence-corrected chi connectivity index (χ3v) is 5.52. The first-order valence-corrected chi connectivity index (χ1v) is 9.39. The van der Waals surface area contributed by atoms with Gasteiger partial charge in [0.25, 0.3) is 5.91 Å². The summed E-state index contributed by atoms with van der Waals surface area (Å²) < 4.78 is 12.0. The highest BCUT2D eigenvalue weighted by molar-refractivity contribution is 9.10. The van der Waals surface area contributed by atoms with Crippen LogP contribution in [0.4, 0.5) is 0 Å². The zero-order valence-electron chi connectivity index (χ0n) is 15.0. The molecule has 0 aliphatic heterocycles. The summed E-state index contributed by atoms with van der Waals surface area (Å²) in [6.45, 7) is 2.33. The van der Waals surface area contributed by atoms with Crippen LogP contribution in [0.25, 0.3) is 21.7 Å². The first kappa shape index (κ1) is 17.6. The lowest BCUT2D eigenvalue weighted by Gasteiger charge is -2.09. The molecule has 0 fully saturated rings. The fourth-order valence-corrected chi connectivity index (χ4v) is 3.90. The van der Waals surface area contributed by atoms with E-state index in [9.17, 15) is 4.79 Å². The third-order valence-electron chi connectivity index (χ3n) is 4.71. The Labute approximate surface area is 165 Å². The normalized spacial score (nSPS) is 11.1. The molecule has 0 spiro atoms. The summed E-state index contributed by atoms with van der Waals surface area (Å²) in [4.78, 5) is 12.6. The molecule has 4 nitrogen and oxygen atoms in total. The van der Waals surface area contributed by atoms with Crippen LogP contribution < -0.4 is 10.1 Å². The largest absolute Gasteiger partial charge is 0.496 e. The van der Waals surface area contributed by atoms with Gasteiger partial charge in [0.1, 0.15) is 11.3 Å². The second-order valence-corrected chi connectivity index (χ2v) is 7.17. The minimum atomic E-state index is -0.209. The van der Waals surface area contributed by atoms with Crippen molar-refractivity contribution in [3.63, 3.8) is 0 Å². The van der Waals surface area contributed by atoms with E-state index >= 15 is 0 Å². The molecule has 1 N–H and O–H groups in total. The van der Waals surface area contributed by atoms with Gasteiger partial charge in [0.2, 0.25) is 0 Å². The van der Waals surface area contributed by atoms with Gasteiger partial charge in [-0.2, -0.15) is 0 Å². The van der Waals surface area contributed by atoms with Gasteiger partial charge in [0.05, 0.1) is 11.6 Å². The Bertz CT molecular complexity index is 1160. The van der Waals surface area contributed by atoms with Crippen molar-refractivity contribution in [3.8, 4) is 5.75 Å². The van der Waals surface area contributed by atoms with Gasteiger partial charge in [-0.15, -0.1) is 0 Å². The number of hydrogen-bond acceptors (Lipinski definition) is 3. The fourth-order valence-electron chi connectivity index (χ4n) is 3.24. The molecule has 1 amide bonds. The maximum atomic E-state index is 12.6. The average molecular weight is 424 g/mol. The van der Waals surface area contributed by atoms with Gasteiger partial charge >= 0.3 is 0 Å². The fraction of sp³-hybridized carbons (Fsp3) is 0.136. The zero-order chi connectivity index (χ0) is 19.0. The van der Waals surface area contributed by atoms with Crippen molar-refractivity contribution < 1.29 is 13.9 Å². The summed E-state index contributed by atoms with van der Waals surface area (Å²) in [5, 5.41) is 6.06. The maximum absolute atomic E-state index is 12.6. The highest BCUT2D eigenvalue weighted by Crippen LogP contribution is 2.33. The number of nitrogens with one attached hydrogen (secondary N) is 1. The summed E-state index contributed by atoms with van der Waals surface area (Å²) >= 11 is 3.58. The Morgan fingerprint density at radius 3 is 2.70 bits per heavy atom. The standard InChI is InChI=1S/C22H18BrNO3/c1-13-16-5-3-4-6-18(16)27-21(13)22(25)24-12-14-7-9-17-15(11-14)8-10-19(26-2)20(17)23/h3-11H,12H2,1-2H3,(H,24,25). The Morgan fingerprint density at radius 2 is 1.93 bits per heavy atom. The Balaban J connectivity index is 1.55. The van der Waals surface area contributed by atoms with E-state index in [4.69, 9.17) is 9.15 Å². The molecule has 0 radical (unpaired) electrons. The number of carbonyl (C=O) groups is 1. The van der Waals surface area contributed by atoms with Gasteiger partial charge in [0, 0.05) is 17.5 Å². The Kier molecular flexibility index (Phi) is 4.62. The van der Waals surface area contributed by atoms with Crippen LogP contribution in [-0.4, -0.2) is 13.0 Å². The van der Waals surface area contributed by atoms with E-state index in [2.05, 4.69) is 27.3 Å². The van der Waals surface area contributed by atoms with E-state index in [1.54, 1.807) is 7.11 Å². The molecule has 1 aromatic heterocycles. The highest BCUT2D eigenvalue weighted by atomic mass is 79.9. The van der Waals surface area contributed by atoms with E-state index in [-0.39, 0.29) is 5.91 Å². The van der Waals surface area contributed by atoms with Crippen molar-refractivity contribution in [1.29, 1.82) is 0 Å². The Morgan fingerprint density at radius 1 is 1.11 bits per heavy atom. The maximum Gasteiger partial charge on any atom is 0.287 e. The van der Waals surface area contributed by atoms with Crippen LogP contribution in [0.1, 0.15) is 21.7 Å². The molecular formula is C22H18BrNO3. The lowest BCUT2D eigenvalue weighted by atomic mass is 10.1. The van der Waals surface area contributed by atoms with Gasteiger partial charge in [-0.05, 0) is 57.4 Å². The van der Waals surface area contributed by atoms with E-state index in [1.165, 1.54) is 0 Å². The van der Waals surface area contributed by atoms with Crippen molar-refractivity contribution in [2.45, 2.75) is 13.5 Å². The summed E-state index contributed by atoms with van der Waals surface area (Å²) in [5.74, 6) is 0.952. The summed E-state index contributed by atoms with van der Waals surface area (Å²) in [6.07, 6.45) is 0. The van der Waals surface area contributed by atoms with Crippen LogP contribution in [0.15, 0.2) is 63.5 Å². The molecular weight excluding hydrogens is 406 g/mol. The number of ether oxygens (including phenoxy) is 1. The number of carbonyl (C=O) groups excluding carboxylic acids is 1. The molecule has 0 bridgehead atoms. The second-order valence-electron chi connectivity index (χ2n) is 6.37. The minimum absolute atomic E-state index is 0.209. The molecule has 136 valence electrons. The molecule has 5 heteroatoms. The average Bonchev–Trinajstić information content (AvgIpc) is 3.03. The van der Waals surface area contributed by atoms with Crippen LogP contribution >= 0.6 is 15.9 Å². The van der Waals surface area contributed by atoms with Crippen LogP contribution in [-0.2, 0) is 6.54 Å². The number of amides is 1. The van der Waals surface area contributed by atoms with E-state index in [0.717, 1.165) is 43.1 Å². The van der Waals surface area contributed by atoms with Crippen molar-refractivity contribution in [3.05, 3.63) is 76.0 Å². The summed E-state index contributed by atoms with van der Waals surface area (Å²) in [7, 11) is 1.65. The van der Waals surface area contributed by atoms with Crippen LogP contribution in [0.3, 0.4) is 0 Å². The number of methoxy groups -OCH3 is 1. The van der Waals surface area contributed by atoms with Gasteiger partial charge in [-0.3, -0.25) is 4.79 Å². The molecule has 0 aliphatic carbocycles. The lowest BCUT2D eigenvalue weighted by Crippen LogP contribution is -2.22. The summed E-state index contributed by atoms with van der Waals surface area (Å²) in [6, 6.07) is 17.7. The number of furan rings is 1. The highest BCUT2D eigenvalue weighted by Gasteiger charge is 2.17. The number of benzene rings is 3. The topological polar surface area (TPSA) is 51.5 Å². The monoisotopic (exact) mass is 423 g/mol. The second kappa shape index (κ2) is 7.08. The summed E-state index contributed by atoms with van der Waals surface area (Å²) in [5.41, 5.74) is 2.60. The predicted octanol–water partition coefficient (Wildman–Crippen LogP) is 5.60. The molecule has 0 atom stereocenters. The molecule has 1 heterocycles. The first-order chi connectivity index (χ1) is 13.1. The smallest absolute Gasteiger partial charge is 0.287 e. The van der Waals surface area contributed by atoms with E-state index in [1.807, 2.05) is 55.5 Å². The number of para-hydroxylation sites is 1. The third kappa shape index (κ3) is 3.19. The molecule has 4 aromatic rings. The predicted molar refractivity (Wildman–Crippen MR) is 110 cm³/mol. The molecule has 0 saturated carbocycles. The van der Waals surface area contributed by atoms with Gasteiger partial charge in [-0.25, -0.2) is 0 Å². The molecule has 0 unspecified atom stereocenters. The molecule has 27 heavy (non-hydrogen) atoms. The molecule has 3 aromatic carbocycles. The van der Waals surface area contributed by atoms with Crippen molar-refractivity contribution in [2.24, 2.45) is 0 Å². The number of aryl methyl sites for hydroxylation is 1.